The Morgan fingerprint density at radius 1 is 1.10 bits per heavy atom. The van der Waals surface area contributed by atoms with Crippen molar-refractivity contribution in [2.24, 2.45) is 11.8 Å². The monoisotopic (exact) mass is 572 g/mol. The minimum atomic E-state index is -3.99. The van der Waals surface area contributed by atoms with E-state index >= 15 is 0 Å². The summed E-state index contributed by atoms with van der Waals surface area (Å²) in [5.74, 6) is 0.347. The number of benzene rings is 2. The summed E-state index contributed by atoms with van der Waals surface area (Å²) in [6, 6.07) is 11.0. The smallest absolute Gasteiger partial charge is 0.264 e. The number of hydrogen-bond donors (Lipinski definition) is 2. The van der Waals surface area contributed by atoms with Gasteiger partial charge < -0.3 is 14.7 Å². The first kappa shape index (κ1) is 28.0. The van der Waals surface area contributed by atoms with E-state index in [1.54, 1.807) is 44.2 Å². The second kappa shape index (κ2) is 11.1. The molecule has 1 aliphatic carbocycles. The van der Waals surface area contributed by atoms with E-state index in [2.05, 4.69) is 9.62 Å². The lowest BCUT2D eigenvalue weighted by Crippen LogP contribution is -2.44. The molecule has 0 saturated heterocycles. The van der Waals surface area contributed by atoms with Crippen molar-refractivity contribution in [2.75, 3.05) is 18.0 Å². The van der Waals surface area contributed by atoms with E-state index in [1.165, 1.54) is 5.56 Å². The molecular weight excluding hydrogens is 536 g/mol. The van der Waals surface area contributed by atoms with E-state index in [1.807, 2.05) is 18.2 Å². The van der Waals surface area contributed by atoms with Crippen molar-refractivity contribution in [1.29, 1.82) is 0 Å². The van der Waals surface area contributed by atoms with Crippen LogP contribution in [0.4, 0.5) is 5.69 Å². The van der Waals surface area contributed by atoms with Gasteiger partial charge in [-0.05, 0) is 106 Å². The Kier molecular flexibility index (Phi) is 8.00. The maximum Gasteiger partial charge on any atom is 0.264 e. The molecule has 2 aromatic rings. The quantitative estimate of drug-likeness (QED) is 0.419. The molecule has 210 valence electrons. The lowest BCUT2D eigenvalue weighted by atomic mass is 9.70. The van der Waals surface area contributed by atoms with Crippen LogP contribution in [0.1, 0.15) is 67.4 Å². The van der Waals surface area contributed by atoms with Crippen molar-refractivity contribution in [2.45, 2.75) is 69.8 Å². The maximum absolute atomic E-state index is 13.2. The van der Waals surface area contributed by atoms with Gasteiger partial charge in [-0.3, -0.25) is 4.79 Å². The van der Waals surface area contributed by atoms with Crippen molar-refractivity contribution in [3.63, 3.8) is 0 Å². The molecule has 2 aliphatic heterocycles. The fraction of sp³-hybridized carbons (Fsp3) is 0.500. The molecule has 3 aliphatic rings. The number of rotatable bonds is 0. The highest BCUT2D eigenvalue weighted by atomic mass is 35.5. The first-order chi connectivity index (χ1) is 18.5. The third-order valence-corrected chi connectivity index (χ3v) is 10.8. The van der Waals surface area contributed by atoms with Gasteiger partial charge in [-0.25, -0.2) is 13.1 Å². The van der Waals surface area contributed by atoms with E-state index in [4.69, 9.17) is 16.3 Å². The minimum Gasteiger partial charge on any atom is -0.487 e. The number of aliphatic hydroxyl groups is 1. The normalized spacial score (nSPS) is 27.5. The number of nitrogens with zero attached hydrogens (tertiary/aromatic N) is 1. The molecule has 2 aromatic carbocycles. The Morgan fingerprint density at radius 3 is 2.69 bits per heavy atom. The lowest BCUT2D eigenvalue weighted by Gasteiger charge is -2.42. The van der Waals surface area contributed by atoms with E-state index in [9.17, 15) is 18.3 Å². The fourth-order valence-corrected chi connectivity index (χ4v) is 6.85. The van der Waals surface area contributed by atoms with Crippen LogP contribution >= 0.6 is 11.6 Å². The Bertz CT molecular complexity index is 1370. The van der Waals surface area contributed by atoms with E-state index in [0.29, 0.717) is 17.4 Å². The summed E-state index contributed by atoms with van der Waals surface area (Å²) in [7, 11) is -3.99. The average Bonchev–Trinajstić information content (AvgIpc) is 2.88. The second-order valence-corrected chi connectivity index (χ2v) is 14.4. The molecule has 5 rings (SSSR count). The number of ether oxygens (including phenoxy) is 1. The van der Waals surface area contributed by atoms with E-state index < -0.39 is 26.8 Å². The second-order valence-electron chi connectivity index (χ2n) is 11.6. The van der Waals surface area contributed by atoms with Crippen LogP contribution in [0.2, 0.25) is 5.02 Å². The highest BCUT2D eigenvalue weighted by molar-refractivity contribution is 7.91. The van der Waals surface area contributed by atoms with Crippen LogP contribution < -0.4 is 14.4 Å². The van der Waals surface area contributed by atoms with Gasteiger partial charge in [-0.1, -0.05) is 29.8 Å². The third kappa shape index (κ3) is 5.98. The Labute approximate surface area is 236 Å². The summed E-state index contributed by atoms with van der Waals surface area (Å²) in [5, 5.41) is 11.7. The minimum absolute atomic E-state index is 0.1000. The number of amides is 1. The maximum atomic E-state index is 13.2. The summed E-state index contributed by atoms with van der Waals surface area (Å²) in [6.07, 6.45) is 7.69. The van der Waals surface area contributed by atoms with Gasteiger partial charge in [-0.2, -0.15) is 0 Å². The van der Waals surface area contributed by atoms with Crippen LogP contribution in [0.15, 0.2) is 48.6 Å². The predicted octanol–water partition coefficient (Wildman–Crippen LogP) is 5.25. The number of anilines is 1. The van der Waals surface area contributed by atoms with Gasteiger partial charge in [0.2, 0.25) is 10.0 Å². The van der Waals surface area contributed by atoms with Gasteiger partial charge in [0.15, 0.2) is 0 Å². The van der Waals surface area contributed by atoms with Crippen molar-refractivity contribution in [3.05, 3.63) is 70.3 Å². The van der Waals surface area contributed by atoms with Crippen molar-refractivity contribution < 1.29 is 23.1 Å². The molecule has 0 spiro atoms. The summed E-state index contributed by atoms with van der Waals surface area (Å²) >= 11 is 6.28. The van der Waals surface area contributed by atoms with Gasteiger partial charge >= 0.3 is 0 Å². The number of aryl methyl sites for hydroxylation is 1. The predicted molar refractivity (Wildman–Crippen MR) is 154 cm³/mol. The SMILES string of the molecule is CC1(C)C/C=C\[C@H](O)[C@@H]2CC[C@H]2CN2CCCCc3cc(Cl)ccc3COc3ccc(cc32)C(=O)NS1(=O)=O. The molecular formula is C30H37ClN2O5S. The molecule has 2 bridgehead atoms. The molecule has 39 heavy (non-hydrogen) atoms. The number of aliphatic hydroxyl groups excluding tert-OH is 1. The van der Waals surface area contributed by atoms with Crippen molar-refractivity contribution in [1.82, 2.24) is 4.72 Å². The van der Waals surface area contributed by atoms with Crippen LogP contribution in [0.5, 0.6) is 5.75 Å². The molecule has 2 heterocycles. The Hall–Kier alpha value is -2.55. The molecule has 1 amide bonds. The van der Waals surface area contributed by atoms with Gasteiger partial charge in [0.05, 0.1) is 16.5 Å². The van der Waals surface area contributed by atoms with E-state index in [0.717, 1.165) is 56.4 Å². The zero-order chi connectivity index (χ0) is 27.8. The van der Waals surface area contributed by atoms with E-state index in [-0.39, 0.29) is 23.8 Å². The Balaban J connectivity index is 1.56. The first-order valence-corrected chi connectivity index (χ1v) is 15.6. The highest BCUT2D eigenvalue weighted by Gasteiger charge is 2.38. The molecule has 1 fully saturated rings. The number of fused-ring (bicyclic) bond motifs is 3. The number of allylic oxidation sites excluding steroid dienone is 1. The zero-order valence-electron chi connectivity index (χ0n) is 22.5. The fourth-order valence-electron chi connectivity index (χ4n) is 5.70. The largest absolute Gasteiger partial charge is 0.487 e. The highest BCUT2D eigenvalue weighted by Crippen LogP contribution is 2.41. The number of hydrogen-bond acceptors (Lipinski definition) is 6. The zero-order valence-corrected chi connectivity index (χ0v) is 24.1. The topological polar surface area (TPSA) is 95.9 Å². The van der Waals surface area contributed by atoms with Gasteiger partial charge in [-0.15, -0.1) is 0 Å². The van der Waals surface area contributed by atoms with Crippen LogP contribution in [-0.4, -0.2) is 43.4 Å². The standard InChI is InChI=1S/C30H37ClN2O5S/c1-30(2)14-5-7-27(34)25-12-9-22(25)18-33-15-4-3-6-20-16-24(31)11-8-23(20)19-38-28-13-10-21(17-26(28)33)29(35)32-39(30,36)37/h5,7-8,10-11,13,16-17,22,25,27,34H,3-4,6,9,12,14-15,18-19H2,1-2H3,(H,32,35)/b7-5-/t22-,25+,27-/m0/s1. The van der Waals surface area contributed by atoms with Crippen LogP contribution in [0, 0.1) is 11.8 Å². The number of carbonyl (C=O) groups is 1. The molecule has 0 unspecified atom stereocenters. The molecule has 1 saturated carbocycles. The van der Waals surface area contributed by atoms with Gasteiger partial charge in [0, 0.05) is 23.7 Å². The molecule has 7 nitrogen and oxygen atoms in total. The van der Waals surface area contributed by atoms with Crippen molar-refractivity contribution in [3.8, 4) is 5.75 Å². The first-order valence-electron chi connectivity index (χ1n) is 13.7. The number of sulfonamides is 1. The summed E-state index contributed by atoms with van der Waals surface area (Å²) in [5.41, 5.74) is 3.27. The summed E-state index contributed by atoms with van der Waals surface area (Å²) in [6.45, 7) is 4.99. The lowest BCUT2D eigenvalue weighted by molar-refractivity contribution is 0.0461. The van der Waals surface area contributed by atoms with Crippen LogP contribution in [0.25, 0.3) is 0 Å². The number of halogens is 1. The van der Waals surface area contributed by atoms with Crippen LogP contribution in [-0.2, 0) is 23.1 Å². The van der Waals surface area contributed by atoms with Gasteiger partial charge in [0.1, 0.15) is 12.4 Å². The molecule has 9 heteroatoms. The average molecular weight is 573 g/mol. The van der Waals surface area contributed by atoms with Gasteiger partial charge in [0.25, 0.3) is 5.91 Å². The summed E-state index contributed by atoms with van der Waals surface area (Å²) < 4.78 is 33.7. The Morgan fingerprint density at radius 2 is 1.92 bits per heavy atom. The molecule has 0 radical (unpaired) electrons. The number of carbonyl (C=O) groups excluding carboxylic acids is 1. The molecule has 3 atom stereocenters. The van der Waals surface area contributed by atoms with Crippen LogP contribution in [0.3, 0.4) is 0 Å². The third-order valence-electron chi connectivity index (χ3n) is 8.50. The molecule has 2 N–H and O–H groups in total. The number of nitrogens with one attached hydrogen (secondary N) is 1. The summed E-state index contributed by atoms with van der Waals surface area (Å²) in [4.78, 5) is 15.5. The molecule has 0 aromatic heterocycles. The van der Waals surface area contributed by atoms with Crippen molar-refractivity contribution >= 4 is 33.2 Å².